The van der Waals surface area contributed by atoms with Crippen LogP contribution >= 0.6 is 0 Å². The summed E-state index contributed by atoms with van der Waals surface area (Å²) in [7, 11) is 0. The van der Waals surface area contributed by atoms with Crippen LogP contribution in [0.3, 0.4) is 0 Å². The van der Waals surface area contributed by atoms with E-state index in [2.05, 4.69) is 28.9 Å². The van der Waals surface area contributed by atoms with Gasteiger partial charge in [-0.1, -0.05) is 18.2 Å². The number of carbonyl (C=O) groups is 1. The molecule has 0 radical (unpaired) electrons. The minimum absolute atomic E-state index is 0.155. The van der Waals surface area contributed by atoms with Crippen LogP contribution in [-0.2, 0) is 11.3 Å². The number of hydrogen-bond acceptors (Lipinski definition) is 4. The van der Waals surface area contributed by atoms with Crippen LogP contribution in [0.15, 0.2) is 82.0 Å². The van der Waals surface area contributed by atoms with Crippen LogP contribution in [-0.4, -0.2) is 17.1 Å². The van der Waals surface area contributed by atoms with Gasteiger partial charge >= 0.3 is 5.63 Å². The van der Waals surface area contributed by atoms with Crippen molar-refractivity contribution in [2.45, 2.75) is 13.5 Å². The fourth-order valence-electron chi connectivity index (χ4n) is 3.95. The molecular weight excluding hydrogens is 392 g/mol. The first-order chi connectivity index (χ1) is 15.1. The second-order valence-corrected chi connectivity index (χ2v) is 7.28. The third-order valence-corrected chi connectivity index (χ3v) is 5.34. The minimum Gasteiger partial charge on any atom is -0.484 e. The maximum atomic E-state index is 12.4. The summed E-state index contributed by atoms with van der Waals surface area (Å²) < 4.78 is 13.0. The van der Waals surface area contributed by atoms with E-state index in [0.717, 1.165) is 28.2 Å². The summed E-state index contributed by atoms with van der Waals surface area (Å²) in [6, 6.07) is 22.3. The lowest BCUT2D eigenvalue weighted by Gasteiger charge is -2.09. The summed E-state index contributed by atoms with van der Waals surface area (Å²) in [6.45, 7) is 2.84. The average Bonchev–Trinajstić information content (AvgIpc) is 3.10. The highest BCUT2D eigenvalue weighted by Crippen LogP contribution is 2.31. The second-order valence-electron chi connectivity index (χ2n) is 7.28. The largest absolute Gasteiger partial charge is 0.484 e. The van der Waals surface area contributed by atoms with Crippen molar-refractivity contribution >= 4 is 44.4 Å². The van der Waals surface area contributed by atoms with Gasteiger partial charge in [-0.25, -0.2) is 4.79 Å². The number of rotatable bonds is 5. The van der Waals surface area contributed by atoms with Crippen LogP contribution in [0.1, 0.15) is 6.92 Å². The molecule has 0 aliphatic heterocycles. The summed E-state index contributed by atoms with van der Waals surface area (Å²) in [5.41, 5.74) is 3.01. The fourth-order valence-corrected chi connectivity index (χ4v) is 3.95. The highest BCUT2D eigenvalue weighted by atomic mass is 16.5. The lowest BCUT2D eigenvalue weighted by molar-refractivity contribution is -0.118. The van der Waals surface area contributed by atoms with E-state index in [0.29, 0.717) is 17.0 Å². The highest BCUT2D eigenvalue weighted by Gasteiger charge is 2.11. The number of nitrogens with zero attached hydrogens (tertiary/aromatic N) is 1. The van der Waals surface area contributed by atoms with Gasteiger partial charge in [0.15, 0.2) is 6.61 Å². The molecule has 6 heteroatoms. The van der Waals surface area contributed by atoms with Crippen LogP contribution in [0.4, 0.5) is 5.69 Å². The van der Waals surface area contributed by atoms with E-state index in [1.54, 1.807) is 24.3 Å². The zero-order valence-corrected chi connectivity index (χ0v) is 16.9. The number of ether oxygens (including phenoxy) is 1. The Bertz CT molecular complexity index is 1500. The third-order valence-electron chi connectivity index (χ3n) is 5.34. The Kier molecular flexibility index (Phi) is 4.67. The number of anilines is 1. The normalized spacial score (nSPS) is 11.3. The van der Waals surface area contributed by atoms with Crippen molar-refractivity contribution in [3.8, 4) is 5.75 Å². The maximum absolute atomic E-state index is 12.4. The fraction of sp³-hybridized carbons (Fsp3) is 0.120. The SMILES string of the molecule is CCn1c2ccccc2c2cc(NC(=O)COc3ccc4ccc(=O)oc4c3)ccc21. The van der Waals surface area contributed by atoms with E-state index in [1.165, 1.54) is 11.6 Å². The quantitative estimate of drug-likeness (QED) is 0.415. The topological polar surface area (TPSA) is 73.5 Å². The van der Waals surface area contributed by atoms with Crippen LogP contribution in [0.5, 0.6) is 5.75 Å². The molecule has 5 aromatic rings. The Morgan fingerprint density at radius 1 is 0.968 bits per heavy atom. The molecule has 2 heterocycles. The molecule has 6 nitrogen and oxygen atoms in total. The van der Waals surface area contributed by atoms with Gasteiger partial charge < -0.3 is 19.0 Å². The Labute approximate surface area is 177 Å². The van der Waals surface area contributed by atoms with Crippen LogP contribution in [0.25, 0.3) is 32.8 Å². The Morgan fingerprint density at radius 3 is 2.65 bits per heavy atom. The molecule has 0 aliphatic rings. The summed E-state index contributed by atoms with van der Waals surface area (Å²) in [4.78, 5) is 23.8. The molecule has 0 atom stereocenters. The zero-order chi connectivity index (χ0) is 21.4. The molecule has 2 aromatic heterocycles. The van der Waals surface area contributed by atoms with Gasteiger partial charge in [-0.3, -0.25) is 4.79 Å². The van der Waals surface area contributed by atoms with Crippen molar-refractivity contribution in [2.24, 2.45) is 0 Å². The molecule has 1 amide bonds. The second kappa shape index (κ2) is 7.65. The van der Waals surface area contributed by atoms with Gasteiger partial charge in [-0.05, 0) is 49.4 Å². The standard InChI is InChI=1S/C25H20N2O4/c1-2-27-21-6-4-3-5-19(21)20-13-17(9-11-22(20)27)26-24(28)15-30-18-10-7-16-8-12-25(29)31-23(16)14-18/h3-14H,2,15H2,1H3,(H,26,28). The van der Waals surface area contributed by atoms with Gasteiger partial charge in [0.1, 0.15) is 11.3 Å². The number of aromatic nitrogens is 1. The Balaban J connectivity index is 1.34. The first kappa shape index (κ1) is 18.9. The number of hydrogen-bond donors (Lipinski definition) is 1. The number of benzene rings is 3. The molecular formula is C25H20N2O4. The van der Waals surface area contributed by atoms with E-state index in [9.17, 15) is 9.59 Å². The van der Waals surface area contributed by atoms with Gasteiger partial charge in [0.2, 0.25) is 0 Å². The first-order valence-corrected chi connectivity index (χ1v) is 10.1. The van der Waals surface area contributed by atoms with Crippen LogP contribution in [0.2, 0.25) is 0 Å². The molecule has 154 valence electrons. The monoisotopic (exact) mass is 412 g/mol. The number of aryl methyl sites for hydroxylation is 1. The lowest BCUT2D eigenvalue weighted by atomic mass is 10.1. The summed E-state index contributed by atoms with van der Waals surface area (Å²) in [5, 5.41) is 5.94. The zero-order valence-electron chi connectivity index (χ0n) is 16.9. The van der Waals surface area contributed by atoms with Crippen molar-refractivity contribution in [2.75, 3.05) is 11.9 Å². The molecule has 0 saturated heterocycles. The number of carbonyl (C=O) groups excluding carboxylic acids is 1. The number of fused-ring (bicyclic) bond motifs is 4. The van der Waals surface area contributed by atoms with Gasteiger partial charge in [0.25, 0.3) is 5.91 Å². The third kappa shape index (κ3) is 3.53. The van der Waals surface area contributed by atoms with Gasteiger partial charge in [-0.15, -0.1) is 0 Å². The van der Waals surface area contributed by atoms with Crippen LogP contribution in [0, 0.1) is 0 Å². The van der Waals surface area contributed by atoms with E-state index in [-0.39, 0.29) is 12.5 Å². The summed E-state index contributed by atoms with van der Waals surface area (Å²) >= 11 is 0. The number of para-hydroxylation sites is 1. The van der Waals surface area contributed by atoms with E-state index in [4.69, 9.17) is 9.15 Å². The molecule has 3 aromatic carbocycles. The van der Waals surface area contributed by atoms with Crippen LogP contribution < -0.4 is 15.7 Å². The lowest BCUT2D eigenvalue weighted by Crippen LogP contribution is -2.20. The van der Waals surface area contributed by atoms with E-state index >= 15 is 0 Å². The predicted octanol–water partition coefficient (Wildman–Crippen LogP) is 4.94. The smallest absolute Gasteiger partial charge is 0.336 e. The number of amides is 1. The minimum atomic E-state index is -0.429. The molecule has 0 spiro atoms. The predicted molar refractivity (Wildman–Crippen MR) is 122 cm³/mol. The Hall–Kier alpha value is -4.06. The number of nitrogens with one attached hydrogen (secondary N) is 1. The maximum Gasteiger partial charge on any atom is 0.336 e. The molecule has 5 rings (SSSR count). The van der Waals surface area contributed by atoms with Gasteiger partial charge in [0.05, 0.1) is 0 Å². The van der Waals surface area contributed by atoms with E-state index < -0.39 is 5.63 Å². The molecule has 0 aliphatic carbocycles. The average molecular weight is 412 g/mol. The van der Waals surface area contributed by atoms with Gasteiger partial charge in [-0.2, -0.15) is 0 Å². The summed E-state index contributed by atoms with van der Waals surface area (Å²) in [6.07, 6.45) is 0. The van der Waals surface area contributed by atoms with E-state index in [1.807, 2.05) is 30.3 Å². The first-order valence-electron chi connectivity index (χ1n) is 10.1. The van der Waals surface area contributed by atoms with Gasteiger partial charge in [0, 0.05) is 51.6 Å². The molecule has 0 fully saturated rings. The van der Waals surface area contributed by atoms with Crippen molar-refractivity contribution < 1.29 is 13.9 Å². The molecule has 31 heavy (non-hydrogen) atoms. The molecule has 1 N–H and O–H groups in total. The molecule has 0 unspecified atom stereocenters. The van der Waals surface area contributed by atoms with Crippen molar-refractivity contribution in [3.63, 3.8) is 0 Å². The van der Waals surface area contributed by atoms with Crippen molar-refractivity contribution in [1.29, 1.82) is 0 Å². The highest BCUT2D eigenvalue weighted by molar-refractivity contribution is 6.09. The van der Waals surface area contributed by atoms with Crippen molar-refractivity contribution in [1.82, 2.24) is 4.57 Å². The molecule has 0 saturated carbocycles. The Morgan fingerprint density at radius 2 is 1.77 bits per heavy atom. The molecule has 0 bridgehead atoms. The summed E-state index contributed by atoms with van der Waals surface area (Å²) in [5.74, 6) is 0.187. The van der Waals surface area contributed by atoms with Crippen molar-refractivity contribution in [3.05, 3.63) is 83.2 Å².